The molecule has 1 amide bonds. The number of nitrogens with one attached hydrogen (secondary N) is 1. The molecule has 3 rings (SSSR count). The smallest absolute Gasteiger partial charge is 0.237 e. The van der Waals surface area contributed by atoms with Crippen molar-refractivity contribution in [3.05, 3.63) is 29.3 Å². The molecule has 1 saturated heterocycles. The molecular weight excluding hydrogens is 356 g/mol. The number of nitrogens with zero attached hydrogens (tertiary/aromatic N) is 3. The van der Waals surface area contributed by atoms with Crippen LogP contribution in [0.4, 0.5) is 10.8 Å². The number of thioether (sulfide) groups is 1. The van der Waals surface area contributed by atoms with Gasteiger partial charge in [0.05, 0.1) is 18.5 Å². The molecule has 1 atom stereocenters. The summed E-state index contributed by atoms with van der Waals surface area (Å²) in [5.41, 5.74) is 3.10. The van der Waals surface area contributed by atoms with Crippen molar-refractivity contribution < 1.29 is 9.53 Å². The Kier molecular flexibility index (Phi) is 5.93. The van der Waals surface area contributed by atoms with Crippen molar-refractivity contribution in [2.45, 2.75) is 30.4 Å². The molecule has 2 heterocycles. The lowest BCUT2D eigenvalue weighted by molar-refractivity contribution is -0.115. The summed E-state index contributed by atoms with van der Waals surface area (Å²) in [5.74, 6) is -0.0277. The molecule has 6 nitrogen and oxygen atoms in total. The molecular formula is C17H22N4O2S2. The normalized spacial score (nSPS) is 15.9. The standard InChI is InChI=1S/C17H22N4O2S2/c1-11-4-5-14(12(2)10-11)18-15(22)13(3)24-17-20-19-16(25-17)21-6-8-23-9-7-21/h4-5,10,13H,6-9H2,1-3H3,(H,18,22). The molecule has 1 unspecified atom stereocenters. The Labute approximate surface area is 156 Å². The first-order valence-corrected chi connectivity index (χ1v) is 9.93. The average Bonchev–Trinajstić information content (AvgIpc) is 3.06. The molecule has 0 radical (unpaired) electrons. The van der Waals surface area contributed by atoms with Crippen molar-refractivity contribution >= 4 is 39.8 Å². The number of aryl methyl sites for hydroxylation is 2. The van der Waals surface area contributed by atoms with Crippen LogP contribution in [0.1, 0.15) is 18.1 Å². The summed E-state index contributed by atoms with van der Waals surface area (Å²) in [4.78, 5) is 14.6. The molecule has 1 N–H and O–H groups in total. The molecule has 1 fully saturated rings. The highest BCUT2D eigenvalue weighted by atomic mass is 32.2. The lowest BCUT2D eigenvalue weighted by atomic mass is 10.1. The van der Waals surface area contributed by atoms with Gasteiger partial charge in [-0.1, -0.05) is 40.8 Å². The second-order valence-corrected chi connectivity index (χ2v) is 8.56. The molecule has 1 aromatic heterocycles. The third kappa shape index (κ3) is 4.71. The van der Waals surface area contributed by atoms with Crippen LogP contribution in [0.3, 0.4) is 0 Å². The molecule has 134 valence electrons. The number of hydrogen-bond donors (Lipinski definition) is 1. The maximum absolute atomic E-state index is 12.5. The number of benzene rings is 1. The molecule has 0 aliphatic carbocycles. The minimum Gasteiger partial charge on any atom is -0.378 e. The Morgan fingerprint density at radius 1 is 1.32 bits per heavy atom. The van der Waals surface area contributed by atoms with Crippen LogP contribution >= 0.6 is 23.1 Å². The van der Waals surface area contributed by atoms with Gasteiger partial charge < -0.3 is 15.0 Å². The molecule has 0 saturated carbocycles. The molecule has 2 aromatic rings. The van der Waals surface area contributed by atoms with Gasteiger partial charge >= 0.3 is 0 Å². The number of aromatic nitrogens is 2. The van der Waals surface area contributed by atoms with Crippen molar-refractivity contribution in [1.82, 2.24) is 10.2 Å². The van der Waals surface area contributed by atoms with Gasteiger partial charge in [0.25, 0.3) is 0 Å². The van der Waals surface area contributed by atoms with Gasteiger partial charge in [-0.15, -0.1) is 10.2 Å². The van der Waals surface area contributed by atoms with E-state index in [0.29, 0.717) is 0 Å². The van der Waals surface area contributed by atoms with Crippen LogP contribution in [0.15, 0.2) is 22.5 Å². The van der Waals surface area contributed by atoms with Gasteiger partial charge in [0, 0.05) is 18.8 Å². The molecule has 1 aromatic carbocycles. The summed E-state index contributed by atoms with van der Waals surface area (Å²) < 4.78 is 6.16. The lowest BCUT2D eigenvalue weighted by Crippen LogP contribution is -2.36. The minimum atomic E-state index is -0.244. The predicted molar refractivity (Wildman–Crippen MR) is 103 cm³/mol. The van der Waals surface area contributed by atoms with E-state index in [-0.39, 0.29) is 11.2 Å². The Balaban J connectivity index is 1.58. The van der Waals surface area contributed by atoms with Crippen LogP contribution in [-0.2, 0) is 9.53 Å². The van der Waals surface area contributed by atoms with Crippen LogP contribution in [0, 0.1) is 13.8 Å². The number of hydrogen-bond acceptors (Lipinski definition) is 7. The topological polar surface area (TPSA) is 67.4 Å². The number of carbonyl (C=O) groups is 1. The van der Waals surface area contributed by atoms with Gasteiger partial charge in [-0.05, 0) is 32.4 Å². The van der Waals surface area contributed by atoms with Gasteiger partial charge in [0.1, 0.15) is 0 Å². The average molecular weight is 379 g/mol. The molecule has 1 aliphatic heterocycles. The van der Waals surface area contributed by atoms with Gasteiger partial charge in [0.2, 0.25) is 11.0 Å². The zero-order chi connectivity index (χ0) is 17.8. The van der Waals surface area contributed by atoms with Crippen LogP contribution < -0.4 is 10.2 Å². The van der Waals surface area contributed by atoms with Crippen molar-refractivity contribution in [3.8, 4) is 0 Å². The third-order valence-corrected chi connectivity index (χ3v) is 6.13. The fourth-order valence-electron chi connectivity index (χ4n) is 2.53. The van der Waals surface area contributed by atoms with E-state index in [0.717, 1.165) is 47.0 Å². The molecule has 1 aliphatic rings. The van der Waals surface area contributed by atoms with E-state index < -0.39 is 0 Å². The number of carbonyl (C=O) groups excluding carboxylic acids is 1. The maximum atomic E-state index is 12.5. The van der Waals surface area contributed by atoms with Crippen molar-refractivity contribution in [2.24, 2.45) is 0 Å². The van der Waals surface area contributed by atoms with Crippen LogP contribution in [0.2, 0.25) is 0 Å². The lowest BCUT2D eigenvalue weighted by Gasteiger charge is -2.25. The maximum Gasteiger partial charge on any atom is 0.237 e. The highest BCUT2D eigenvalue weighted by molar-refractivity contribution is 8.02. The summed E-state index contributed by atoms with van der Waals surface area (Å²) in [6, 6.07) is 6.01. The number of rotatable bonds is 5. The van der Waals surface area contributed by atoms with E-state index in [2.05, 4.69) is 26.5 Å². The van der Waals surface area contributed by atoms with Crippen molar-refractivity contribution in [3.63, 3.8) is 0 Å². The summed E-state index contributed by atoms with van der Waals surface area (Å²) in [6.45, 7) is 9.04. The number of amides is 1. The van der Waals surface area contributed by atoms with Gasteiger partial charge in [-0.2, -0.15) is 0 Å². The fraction of sp³-hybridized carbons (Fsp3) is 0.471. The molecule has 8 heteroatoms. The zero-order valence-electron chi connectivity index (χ0n) is 14.6. The Morgan fingerprint density at radius 2 is 2.08 bits per heavy atom. The fourth-order valence-corrected chi connectivity index (χ4v) is 4.56. The predicted octanol–water partition coefficient (Wildman–Crippen LogP) is 3.11. The molecule has 0 bridgehead atoms. The van der Waals surface area contributed by atoms with Gasteiger partial charge in [-0.25, -0.2) is 0 Å². The second-order valence-electron chi connectivity index (χ2n) is 6.02. The summed E-state index contributed by atoms with van der Waals surface area (Å²) >= 11 is 2.97. The number of morpholine rings is 1. The Bertz CT molecular complexity index is 744. The van der Waals surface area contributed by atoms with Crippen LogP contribution in [-0.4, -0.2) is 47.7 Å². The summed E-state index contributed by atoms with van der Waals surface area (Å²) in [5, 5.41) is 12.1. The highest BCUT2D eigenvalue weighted by Crippen LogP contribution is 2.31. The minimum absolute atomic E-state index is 0.0277. The van der Waals surface area contributed by atoms with E-state index >= 15 is 0 Å². The molecule has 25 heavy (non-hydrogen) atoms. The van der Waals surface area contributed by atoms with E-state index in [1.807, 2.05) is 32.9 Å². The van der Waals surface area contributed by atoms with E-state index in [1.54, 1.807) is 0 Å². The van der Waals surface area contributed by atoms with Gasteiger partial charge in [-0.3, -0.25) is 4.79 Å². The first-order valence-electron chi connectivity index (χ1n) is 8.24. The molecule has 0 spiro atoms. The number of anilines is 2. The van der Waals surface area contributed by atoms with Crippen LogP contribution in [0.5, 0.6) is 0 Å². The first-order chi connectivity index (χ1) is 12.0. The van der Waals surface area contributed by atoms with E-state index in [9.17, 15) is 4.79 Å². The quantitative estimate of drug-likeness (QED) is 0.807. The van der Waals surface area contributed by atoms with Gasteiger partial charge in [0.15, 0.2) is 4.34 Å². The highest BCUT2D eigenvalue weighted by Gasteiger charge is 2.20. The summed E-state index contributed by atoms with van der Waals surface area (Å²) in [7, 11) is 0. The van der Waals surface area contributed by atoms with Crippen molar-refractivity contribution in [2.75, 3.05) is 36.5 Å². The first kappa shape index (κ1) is 18.2. The Morgan fingerprint density at radius 3 is 2.80 bits per heavy atom. The van der Waals surface area contributed by atoms with Crippen LogP contribution in [0.25, 0.3) is 0 Å². The van der Waals surface area contributed by atoms with Crippen molar-refractivity contribution in [1.29, 1.82) is 0 Å². The van der Waals surface area contributed by atoms with E-state index in [4.69, 9.17) is 4.74 Å². The SMILES string of the molecule is Cc1ccc(NC(=O)C(C)Sc2nnc(N3CCOCC3)s2)c(C)c1. The second kappa shape index (κ2) is 8.16. The van der Waals surface area contributed by atoms with E-state index in [1.165, 1.54) is 28.7 Å². The zero-order valence-corrected chi connectivity index (χ0v) is 16.2. The number of ether oxygens (including phenoxy) is 1. The largest absolute Gasteiger partial charge is 0.378 e. The Hall–Kier alpha value is -1.64. The summed E-state index contributed by atoms with van der Waals surface area (Å²) in [6.07, 6.45) is 0. The monoisotopic (exact) mass is 378 g/mol. The third-order valence-electron chi connectivity index (χ3n) is 3.96.